The van der Waals surface area contributed by atoms with Crippen LogP contribution in [0.2, 0.25) is 0 Å². The third-order valence-electron chi connectivity index (χ3n) is 5.52. The molecule has 1 aliphatic heterocycles. The number of aromatic nitrogens is 1. The summed E-state index contributed by atoms with van der Waals surface area (Å²) in [4.78, 5) is 12.1. The van der Waals surface area contributed by atoms with Crippen LogP contribution >= 0.6 is 0 Å². The van der Waals surface area contributed by atoms with Crippen LogP contribution in [0.5, 0.6) is 0 Å². The Morgan fingerprint density at radius 1 is 1.17 bits per heavy atom. The number of hydrogen-bond donors (Lipinski definition) is 2. The number of rotatable bonds is 5. The van der Waals surface area contributed by atoms with Crippen LogP contribution in [0.4, 0.5) is 13.2 Å². The van der Waals surface area contributed by atoms with E-state index >= 15 is 0 Å². The van der Waals surface area contributed by atoms with Crippen LogP contribution in [0.15, 0.2) is 48.7 Å². The normalized spacial score (nSPS) is 16.8. The lowest BCUT2D eigenvalue weighted by Gasteiger charge is -2.17. The zero-order valence-corrected chi connectivity index (χ0v) is 15.8. The summed E-state index contributed by atoms with van der Waals surface area (Å²) in [6.07, 6.45) is -2.01. The molecule has 0 bridgehead atoms. The summed E-state index contributed by atoms with van der Waals surface area (Å²) in [5.74, 6) is -0.153. The van der Waals surface area contributed by atoms with E-state index in [2.05, 4.69) is 5.32 Å². The zero-order valence-electron chi connectivity index (χ0n) is 15.8. The van der Waals surface area contributed by atoms with Gasteiger partial charge >= 0.3 is 6.18 Å². The highest BCUT2D eigenvalue weighted by molar-refractivity contribution is 5.90. The first-order valence-electron chi connectivity index (χ1n) is 9.59. The van der Waals surface area contributed by atoms with Gasteiger partial charge in [0.2, 0.25) is 0 Å². The topological polar surface area (TPSA) is 60.1 Å². The molecule has 152 valence electrons. The molecule has 1 aromatic heterocycles. The average molecular weight is 401 g/mol. The van der Waals surface area contributed by atoms with Gasteiger partial charge in [-0.25, -0.2) is 0 Å². The van der Waals surface area contributed by atoms with Crippen molar-refractivity contribution in [3.63, 3.8) is 0 Å². The summed E-state index contributed by atoms with van der Waals surface area (Å²) < 4.78 is 43.8. The van der Waals surface area contributed by atoms with Crippen molar-refractivity contribution in [2.24, 2.45) is 5.73 Å². The lowest BCUT2D eigenvalue weighted by Crippen LogP contribution is -2.41. The van der Waals surface area contributed by atoms with Crippen LogP contribution in [-0.4, -0.2) is 22.9 Å². The maximum atomic E-state index is 14.0. The van der Waals surface area contributed by atoms with Gasteiger partial charge < -0.3 is 15.6 Å². The highest BCUT2D eigenvalue weighted by Crippen LogP contribution is 2.40. The van der Waals surface area contributed by atoms with Gasteiger partial charge in [0.05, 0.1) is 23.7 Å². The Morgan fingerprint density at radius 3 is 2.62 bits per heavy atom. The molecule has 0 saturated carbocycles. The quantitative estimate of drug-likeness (QED) is 0.689. The molecule has 2 heterocycles. The predicted molar refractivity (Wildman–Crippen MR) is 105 cm³/mol. The van der Waals surface area contributed by atoms with Gasteiger partial charge in [0, 0.05) is 24.7 Å². The molecule has 7 heteroatoms. The molecule has 0 amide bonds. The van der Waals surface area contributed by atoms with E-state index in [1.165, 1.54) is 6.07 Å². The first-order chi connectivity index (χ1) is 13.9. The second kappa shape index (κ2) is 7.65. The monoisotopic (exact) mass is 401 g/mol. The highest BCUT2D eigenvalue weighted by atomic mass is 19.4. The summed E-state index contributed by atoms with van der Waals surface area (Å²) >= 11 is 0. The van der Waals surface area contributed by atoms with Gasteiger partial charge in [0.1, 0.15) is 0 Å². The molecule has 3 N–H and O–H groups in total. The Morgan fingerprint density at radius 2 is 1.93 bits per heavy atom. The Hall–Kier alpha value is -2.64. The van der Waals surface area contributed by atoms with Crippen LogP contribution in [0, 0.1) is 0 Å². The van der Waals surface area contributed by atoms with Gasteiger partial charge in [-0.2, -0.15) is 13.2 Å². The van der Waals surface area contributed by atoms with Crippen LogP contribution in [-0.2, 0) is 36.9 Å². The molecule has 3 aromatic rings. The van der Waals surface area contributed by atoms with E-state index in [1.54, 1.807) is 16.8 Å². The number of Topliss-reactive ketones (excluding diaryl/α,β-unsaturated/α-hetero) is 1. The zero-order chi connectivity index (χ0) is 20.6. The average Bonchev–Trinajstić information content (AvgIpc) is 3.01. The summed E-state index contributed by atoms with van der Waals surface area (Å²) in [5, 5.41) is 3.35. The Labute approximate surface area is 166 Å². The van der Waals surface area contributed by atoms with E-state index in [4.69, 9.17) is 5.73 Å². The molecule has 0 saturated heterocycles. The molecule has 0 aliphatic carbocycles. The number of alkyl halides is 3. The lowest BCUT2D eigenvalue weighted by atomic mass is 9.94. The first-order valence-corrected chi connectivity index (χ1v) is 9.59. The van der Waals surface area contributed by atoms with Crippen molar-refractivity contribution in [1.82, 2.24) is 9.88 Å². The number of nitrogens with two attached hydrogens (primary N) is 1. The third-order valence-corrected chi connectivity index (χ3v) is 5.52. The number of hydrogen-bond acceptors (Lipinski definition) is 3. The Bertz CT molecular complexity index is 1040. The fourth-order valence-electron chi connectivity index (χ4n) is 4.15. The van der Waals surface area contributed by atoms with Gasteiger partial charge in [-0.05, 0) is 35.6 Å². The predicted octanol–water partition coefficient (Wildman–Crippen LogP) is 3.44. The van der Waals surface area contributed by atoms with E-state index in [9.17, 15) is 18.0 Å². The summed E-state index contributed by atoms with van der Waals surface area (Å²) in [5.41, 5.74) is 7.50. The minimum atomic E-state index is -4.46. The molecule has 0 spiro atoms. The second-order valence-corrected chi connectivity index (χ2v) is 7.39. The van der Waals surface area contributed by atoms with Gasteiger partial charge in [-0.15, -0.1) is 0 Å². The largest absolute Gasteiger partial charge is 0.417 e. The van der Waals surface area contributed by atoms with Crippen LogP contribution in [0.3, 0.4) is 0 Å². The van der Waals surface area contributed by atoms with E-state index in [0.717, 1.165) is 11.1 Å². The molecule has 0 fully saturated rings. The second-order valence-electron chi connectivity index (χ2n) is 7.39. The number of benzene rings is 2. The van der Waals surface area contributed by atoms with Crippen molar-refractivity contribution < 1.29 is 18.0 Å². The molecule has 29 heavy (non-hydrogen) atoms. The smallest absolute Gasteiger partial charge is 0.345 e. The molecular formula is C22H22F3N3O. The van der Waals surface area contributed by atoms with Gasteiger partial charge in [0.15, 0.2) is 5.78 Å². The molecular weight excluding hydrogens is 379 g/mol. The first kappa shape index (κ1) is 19.7. The van der Waals surface area contributed by atoms with Crippen molar-refractivity contribution in [2.45, 2.75) is 38.1 Å². The Balaban J connectivity index is 1.79. The van der Waals surface area contributed by atoms with E-state index in [0.29, 0.717) is 18.5 Å². The SMILES string of the molecule is NCC(=O)C1Cn2ccc3c(C(F)(F)F)c(CCc4ccccc4)cc(c32)CN1. The van der Waals surface area contributed by atoms with Crippen molar-refractivity contribution in [1.29, 1.82) is 0 Å². The minimum Gasteiger partial charge on any atom is -0.345 e. The number of ketones is 1. The van der Waals surface area contributed by atoms with Crippen molar-refractivity contribution >= 4 is 16.7 Å². The van der Waals surface area contributed by atoms with Crippen molar-refractivity contribution in [3.05, 3.63) is 70.9 Å². The van der Waals surface area contributed by atoms with Crippen LogP contribution in [0.1, 0.15) is 22.3 Å². The molecule has 4 rings (SSSR count). The van der Waals surface area contributed by atoms with E-state index < -0.39 is 17.8 Å². The van der Waals surface area contributed by atoms with E-state index in [-0.39, 0.29) is 36.2 Å². The fourth-order valence-corrected chi connectivity index (χ4v) is 4.15. The summed E-state index contributed by atoms with van der Waals surface area (Å²) in [6, 6.07) is 12.1. The maximum Gasteiger partial charge on any atom is 0.417 e. The fraction of sp³-hybridized carbons (Fsp3) is 0.318. The van der Waals surface area contributed by atoms with Crippen molar-refractivity contribution in [2.75, 3.05) is 6.54 Å². The van der Waals surface area contributed by atoms with E-state index in [1.807, 2.05) is 30.3 Å². The Kier molecular flexibility index (Phi) is 5.19. The number of halogens is 3. The highest BCUT2D eigenvalue weighted by Gasteiger charge is 2.37. The van der Waals surface area contributed by atoms with Gasteiger partial charge in [-0.3, -0.25) is 4.79 Å². The molecule has 1 aliphatic rings. The standard InChI is InChI=1S/C22H22F3N3O/c23-22(24,25)20-15(7-6-14-4-2-1-3-5-14)10-16-12-27-18(19(29)11-26)13-28-9-8-17(20)21(16)28/h1-5,8-10,18,27H,6-7,11-13,26H2. The molecule has 1 atom stereocenters. The van der Waals surface area contributed by atoms with Crippen LogP contribution in [0.25, 0.3) is 10.9 Å². The van der Waals surface area contributed by atoms with Crippen molar-refractivity contribution in [3.8, 4) is 0 Å². The lowest BCUT2D eigenvalue weighted by molar-refractivity contribution is -0.136. The number of aryl methyl sites for hydroxylation is 2. The van der Waals surface area contributed by atoms with Gasteiger partial charge in [0.25, 0.3) is 0 Å². The third kappa shape index (κ3) is 3.80. The number of carbonyl (C=O) groups is 1. The minimum absolute atomic E-state index is 0.103. The van der Waals surface area contributed by atoms with Crippen LogP contribution < -0.4 is 11.1 Å². The molecule has 0 radical (unpaired) electrons. The molecule has 2 aromatic carbocycles. The molecule has 1 unspecified atom stereocenters. The number of nitrogens with zero attached hydrogens (tertiary/aromatic N) is 1. The molecule has 4 nitrogen and oxygen atoms in total. The maximum absolute atomic E-state index is 14.0. The van der Waals surface area contributed by atoms with Gasteiger partial charge in [-0.1, -0.05) is 36.4 Å². The summed E-state index contributed by atoms with van der Waals surface area (Å²) in [7, 11) is 0. The number of nitrogens with one attached hydrogen (secondary N) is 1. The summed E-state index contributed by atoms with van der Waals surface area (Å²) in [6.45, 7) is 0.495. The number of carbonyl (C=O) groups excluding carboxylic acids is 1.